The molecule has 0 spiro atoms. The largest absolute Gasteiger partial charge is 0.465 e. The minimum Gasteiger partial charge on any atom is -0.465 e. The van der Waals surface area contributed by atoms with Crippen LogP contribution in [0.15, 0.2) is 18.2 Å². The maximum atomic E-state index is 13.4. The Morgan fingerprint density at radius 2 is 1.24 bits per heavy atom. The summed E-state index contributed by atoms with van der Waals surface area (Å²) in [6, 6.07) is 2.17. The summed E-state index contributed by atoms with van der Waals surface area (Å²) in [6.45, 7) is 4.01. The highest BCUT2D eigenvalue weighted by molar-refractivity contribution is 7.17. The Morgan fingerprint density at radius 1 is 0.745 bits per heavy atom. The lowest BCUT2D eigenvalue weighted by molar-refractivity contribution is -0.150. The zero-order chi connectivity index (χ0) is 39.7. The number of anilines is 2. The summed E-state index contributed by atoms with van der Waals surface area (Å²) in [4.78, 5) is 106. The summed E-state index contributed by atoms with van der Waals surface area (Å²) in [7, 11) is 2.51. The fraction of sp³-hybridized carbons (Fsp3) is 0.421. The lowest BCUT2D eigenvalue weighted by atomic mass is 9.88. The summed E-state index contributed by atoms with van der Waals surface area (Å²) in [5.41, 5.74) is 1.87. The normalized spacial score (nSPS) is 17.7. The third-order valence-electron chi connectivity index (χ3n) is 9.87. The summed E-state index contributed by atoms with van der Waals surface area (Å²) < 4.78 is 20.2. The number of rotatable bonds is 11. The van der Waals surface area contributed by atoms with Crippen molar-refractivity contribution in [3.63, 3.8) is 0 Å². The third kappa shape index (κ3) is 7.89. The first-order valence-corrected chi connectivity index (χ1v) is 19.3. The number of hydrogen-bond donors (Lipinski definition) is 2. The van der Waals surface area contributed by atoms with Crippen LogP contribution in [0.25, 0.3) is 0 Å². The standard InChI is InChI=1S/C38H39N3O12S2/c1-17-6-9-22-25(12-17)54-31(29(22)37(48)50-4)39-27(42)15-52-35(46)19(3)41-33(44)21-11-8-20(14-24(21)34(41)45)36(47)53-16-28(43)40-32-30(38(49)51-5)23-10-7-18(2)13-26(23)55-32/h8,11,14,17-19H,6-7,9-10,12-13,15-16H2,1-5H3,(H,39,42)(H,40,43)/t17-,18+,19+/m1/s1. The Labute approximate surface area is 323 Å². The van der Waals surface area contributed by atoms with Crippen molar-refractivity contribution in [3.05, 3.63) is 66.9 Å². The summed E-state index contributed by atoms with van der Waals surface area (Å²) in [5, 5.41) is 5.88. The highest BCUT2D eigenvalue weighted by Gasteiger charge is 2.42. The predicted molar refractivity (Wildman–Crippen MR) is 199 cm³/mol. The fourth-order valence-electron chi connectivity index (χ4n) is 6.95. The van der Waals surface area contributed by atoms with E-state index in [-0.39, 0.29) is 22.3 Å². The van der Waals surface area contributed by atoms with E-state index in [1.54, 1.807) is 0 Å². The molecule has 1 aromatic carbocycles. The highest BCUT2D eigenvalue weighted by atomic mass is 32.1. The van der Waals surface area contributed by atoms with Crippen LogP contribution in [0.1, 0.15) is 106 Å². The van der Waals surface area contributed by atoms with Crippen molar-refractivity contribution in [2.45, 2.75) is 65.3 Å². The van der Waals surface area contributed by atoms with Crippen LogP contribution in [-0.2, 0) is 59.0 Å². The number of fused-ring (bicyclic) bond motifs is 3. The monoisotopic (exact) mass is 793 g/mol. The average molecular weight is 794 g/mol. The Morgan fingerprint density at radius 3 is 1.75 bits per heavy atom. The molecule has 2 aromatic heterocycles. The van der Waals surface area contributed by atoms with Gasteiger partial charge in [0.15, 0.2) is 13.2 Å². The molecule has 3 heterocycles. The fourth-order valence-corrected chi connectivity index (χ4v) is 9.78. The van der Waals surface area contributed by atoms with Gasteiger partial charge in [-0.1, -0.05) is 13.8 Å². The van der Waals surface area contributed by atoms with E-state index in [0.717, 1.165) is 52.6 Å². The first kappa shape index (κ1) is 39.3. The number of carbonyl (C=O) groups is 8. The summed E-state index contributed by atoms with van der Waals surface area (Å²) in [5.74, 6) is -5.44. The molecular formula is C38H39N3O12S2. The van der Waals surface area contributed by atoms with Gasteiger partial charge < -0.3 is 29.6 Å². The Kier molecular flexibility index (Phi) is 11.5. The second-order valence-electron chi connectivity index (χ2n) is 13.8. The van der Waals surface area contributed by atoms with Crippen LogP contribution < -0.4 is 10.6 Å². The summed E-state index contributed by atoms with van der Waals surface area (Å²) in [6.07, 6.45) is 4.64. The van der Waals surface area contributed by atoms with Gasteiger partial charge in [-0.2, -0.15) is 0 Å². The Hall–Kier alpha value is -5.42. The van der Waals surface area contributed by atoms with Crippen LogP contribution in [-0.4, -0.2) is 85.9 Å². The average Bonchev–Trinajstić information content (AvgIpc) is 3.78. The van der Waals surface area contributed by atoms with Gasteiger partial charge in [-0.3, -0.25) is 24.1 Å². The van der Waals surface area contributed by atoms with Crippen LogP contribution in [0.5, 0.6) is 0 Å². The molecule has 3 atom stereocenters. The van der Waals surface area contributed by atoms with E-state index in [0.29, 0.717) is 45.1 Å². The second kappa shape index (κ2) is 16.1. The van der Waals surface area contributed by atoms with Crippen LogP contribution >= 0.6 is 22.7 Å². The maximum absolute atomic E-state index is 13.4. The van der Waals surface area contributed by atoms with Crippen molar-refractivity contribution in [2.24, 2.45) is 11.8 Å². The van der Waals surface area contributed by atoms with Gasteiger partial charge in [-0.25, -0.2) is 19.2 Å². The van der Waals surface area contributed by atoms with E-state index >= 15 is 0 Å². The third-order valence-corrected chi connectivity index (χ3v) is 12.2. The molecule has 0 unspecified atom stereocenters. The molecule has 17 heteroatoms. The second-order valence-corrected chi connectivity index (χ2v) is 16.0. The van der Waals surface area contributed by atoms with E-state index < -0.39 is 66.8 Å². The van der Waals surface area contributed by atoms with Crippen molar-refractivity contribution in [1.29, 1.82) is 0 Å². The molecule has 3 aromatic rings. The van der Waals surface area contributed by atoms with E-state index in [9.17, 15) is 38.4 Å². The van der Waals surface area contributed by atoms with Gasteiger partial charge in [0.2, 0.25) is 0 Å². The van der Waals surface area contributed by atoms with E-state index in [1.165, 1.54) is 55.9 Å². The lowest BCUT2D eigenvalue weighted by Crippen LogP contribution is -2.44. The van der Waals surface area contributed by atoms with Gasteiger partial charge in [-0.05, 0) is 86.6 Å². The maximum Gasteiger partial charge on any atom is 0.341 e. The molecule has 2 N–H and O–H groups in total. The van der Waals surface area contributed by atoms with Gasteiger partial charge >= 0.3 is 23.9 Å². The van der Waals surface area contributed by atoms with Gasteiger partial charge in [0, 0.05) is 9.75 Å². The van der Waals surface area contributed by atoms with Crippen molar-refractivity contribution in [3.8, 4) is 0 Å². The Bertz CT molecular complexity index is 2140. The number of thiophene rings is 2. The number of hydrogen-bond acceptors (Lipinski definition) is 14. The molecule has 290 valence electrons. The number of ether oxygens (including phenoxy) is 4. The molecule has 1 aliphatic heterocycles. The molecular weight excluding hydrogens is 755 g/mol. The predicted octanol–water partition coefficient (Wildman–Crippen LogP) is 4.59. The minimum absolute atomic E-state index is 0.0747. The SMILES string of the molecule is COC(=O)c1c(NC(=O)COC(=O)[C@H](C)N2C(=O)c3ccc(C(=O)OCC(=O)Nc4sc5c(c4C(=O)OC)CC[C@H](C)C5)cc3C2=O)sc2c1CC[C@@H](C)C2. The van der Waals surface area contributed by atoms with Gasteiger partial charge in [0.1, 0.15) is 16.0 Å². The molecule has 55 heavy (non-hydrogen) atoms. The molecule has 0 fully saturated rings. The molecule has 0 radical (unpaired) electrons. The number of amides is 4. The van der Waals surface area contributed by atoms with E-state index in [4.69, 9.17) is 18.9 Å². The van der Waals surface area contributed by atoms with Crippen LogP contribution in [0, 0.1) is 11.8 Å². The van der Waals surface area contributed by atoms with Gasteiger partial charge in [-0.15, -0.1) is 22.7 Å². The molecule has 4 amide bonds. The van der Waals surface area contributed by atoms with Crippen molar-refractivity contribution in [2.75, 3.05) is 38.1 Å². The number of esters is 4. The number of benzene rings is 1. The first-order chi connectivity index (χ1) is 26.2. The highest BCUT2D eigenvalue weighted by Crippen LogP contribution is 2.41. The minimum atomic E-state index is -1.44. The Balaban J connectivity index is 1.05. The van der Waals surface area contributed by atoms with Crippen molar-refractivity contribution < 1.29 is 57.3 Å². The molecule has 2 aliphatic carbocycles. The van der Waals surface area contributed by atoms with Crippen molar-refractivity contribution >= 4 is 80.2 Å². The zero-order valence-electron chi connectivity index (χ0n) is 30.8. The van der Waals surface area contributed by atoms with Gasteiger partial charge in [0.25, 0.3) is 23.6 Å². The van der Waals surface area contributed by atoms with Crippen LogP contribution in [0.4, 0.5) is 10.0 Å². The zero-order valence-corrected chi connectivity index (χ0v) is 32.4. The first-order valence-electron chi connectivity index (χ1n) is 17.6. The van der Waals surface area contributed by atoms with Gasteiger partial charge in [0.05, 0.1) is 42.0 Å². The number of imide groups is 1. The topological polar surface area (TPSA) is 201 Å². The molecule has 15 nitrogen and oxygen atoms in total. The quantitative estimate of drug-likeness (QED) is 0.156. The lowest BCUT2D eigenvalue weighted by Gasteiger charge is -2.20. The molecule has 3 aliphatic rings. The molecule has 0 saturated heterocycles. The smallest absolute Gasteiger partial charge is 0.341 e. The van der Waals surface area contributed by atoms with Crippen LogP contribution in [0.3, 0.4) is 0 Å². The van der Waals surface area contributed by atoms with Crippen molar-refractivity contribution in [1.82, 2.24) is 4.90 Å². The number of nitrogens with zero attached hydrogens (tertiary/aromatic N) is 1. The van der Waals surface area contributed by atoms with E-state index in [2.05, 4.69) is 24.5 Å². The molecule has 0 bridgehead atoms. The number of methoxy groups -OCH3 is 2. The number of carbonyl (C=O) groups excluding carboxylic acids is 8. The summed E-state index contributed by atoms with van der Waals surface area (Å²) >= 11 is 2.55. The van der Waals surface area contributed by atoms with E-state index in [1.807, 2.05) is 0 Å². The van der Waals surface area contributed by atoms with Crippen LogP contribution in [0.2, 0.25) is 0 Å². The number of nitrogens with one attached hydrogen (secondary N) is 2. The molecule has 6 rings (SSSR count). The molecule has 0 saturated carbocycles.